The zero-order chi connectivity index (χ0) is 16.4. The Morgan fingerprint density at radius 2 is 2.17 bits per heavy atom. The van der Waals surface area contributed by atoms with Crippen LogP contribution in [-0.2, 0) is 11.2 Å². The van der Waals surface area contributed by atoms with Crippen molar-refractivity contribution in [3.8, 4) is 5.75 Å². The molecule has 0 aliphatic heterocycles. The van der Waals surface area contributed by atoms with Crippen LogP contribution >= 0.6 is 0 Å². The maximum Gasteiger partial charge on any atom is 0.252 e. The molecular formula is C16H17N5O2. The molecule has 0 bridgehead atoms. The third-order valence-electron chi connectivity index (χ3n) is 3.72. The van der Waals surface area contributed by atoms with E-state index in [1.165, 1.54) is 12.4 Å². The summed E-state index contributed by atoms with van der Waals surface area (Å²) in [5, 5.41) is 16.3. The van der Waals surface area contributed by atoms with Crippen molar-refractivity contribution < 1.29 is 9.90 Å². The number of hydrogen-bond donors (Lipinski definition) is 2. The summed E-state index contributed by atoms with van der Waals surface area (Å²) in [6, 6.07) is 6.48. The smallest absolute Gasteiger partial charge is 0.252 e. The highest BCUT2D eigenvalue weighted by molar-refractivity contribution is 5.91. The molecule has 118 valence electrons. The van der Waals surface area contributed by atoms with Gasteiger partial charge in [-0.25, -0.2) is 9.50 Å². The lowest BCUT2D eigenvalue weighted by Gasteiger charge is -2.10. The van der Waals surface area contributed by atoms with Gasteiger partial charge in [-0.1, -0.05) is 6.07 Å². The Kier molecular flexibility index (Phi) is 3.92. The molecule has 23 heavy (non-hydrogen) atoms. The Morgan fingerprint density at radius 1 is 1.35 bits per heavy atom. The molecule has 2 aromatic heterocycles. The number of carbonyl (C=O) groups excluding carboxylic acids is 1. The molecule has 2 heterocycles. The second-order valence-corrected chi connectivity index (χ2v) is 5.33. The fourth-order valence-corrected chi connectivity index (χ4v) is 2.56. The summed E-state index contributed by atoms with van der Waals surface area (Å²) in [5.74, 6) is 0.566. The first-order chi connectivity index (χ1) is 11.0. The second-order valence-electron chi connectivity index (χ2n) is 5.33. The predicted molar refractivity (Wildman–Crippen MR) is 85.3 cm³/mol. The van der Waals surface area contributed by atoms with Gasteiger partial charge in [-0.05, 0) is 38.0 Å². The number of anilines is 1. The van der Waals surface area contributed by atoms with Crippen LogP contribution in [0.15, 0.2) is 30.6 Å². The van der Waals surface area contributed by atoms with Crippen molar-refractivity contribution in [1.29, 1.82) is 0 Å². The van der Waals surface area contributed by atoms with Gasteiger partial charge in [0.2, 0.25) is 5.91 Å². The quantitative estimate of drug-likeness (QED) is 0.769. The number of hydrogen-bond acceptors (Lipinski definition) is 5. The zero-order valence-corrected chi connectivity index (χ0v) is 12.9. The summed E-state index contributed by atoms with van der Waals surface area (Å²) in [6.45, 7) is 3.85. The van der Waals surface area contributed by atoms with Gasteiger partial charge in [0.15, 0.2) is 0 Å². The number of amides is 1. The van der Waals surface area contributed by atoms with E-state index in [2.05, 4.69) is 20.4 Å². The maximum atomic E-state index is 12.1. The van der Waals surface area contributed by atoms with Crippen molar-refractivity contribution in [1.82, 2.24) is 19.6 Å². The van der Waals surface area contributed by atoms with Crippen molar-refractivity contribution >= 4 is 17.4 Å². The van der Waals surface area contributed by atoms with Crippen LogP contribution in [0.25, 0.3) is 5.78 Å². The van der Waals surface area contributed by atoms with Crippen LogP contribution < -0.4 is 5.32 Å². The summed E-state index contributed by atoms with van der Waals surface area (Å²) >= 11 is 0. The van der Waals surface area contributed by atoms with Gasteiger partial charge in [0.05, 0.1) is 0 Å². The fourth-order valence-electron chi connectivity index (χ4n) is 2.56. The van der Waals surface area contributed by atoms with Crippen LogP contribution in [-0.4, -0.2) is 30.6 Å². The largest absolute Gasteiger partial charge is 0.508 e. The normalized spacial score (nSPS) is 10.9. The average molecular weight is 311 g/mol. The molecule has 0 atom stereocenters. The van der Waals surface area contributed by atoms with E-state index in [0.29, 0.717) is 24.3 Å². The standard InChI is InChI=1S/C16H17N5O2/c1-10-14(11(2)21-16(19-10)17-9-18-21)6-7-15(23)20-12-4-3-5-13(22)8-12/h3-5,8-9,22H,6-7H2,1-2H3,(H,20,23). The molecule has 0 saturated heterocycles. The number of nitrogens with zero attached hydrogens (tertiary/aromatic N) is 4. The lowest BCUT2D eigenvalue weighted by Crippen LogP contribution is -2.14. The first-order valence-electron chi connectivity index (χ1n) is 7.29. The average Bonchev–Trinajstić information content (AvgIpc) is 2.95. The minimum Gasteiger partial charge on any atom is -0.508 e. The molecule has 0 aliphatic carbocycles. The van der Waals surface area contributed by atoms with Crippen LogP contribution in [0.5, 0.6) is 5.75 Å². The maximum absolute atomic E-state index is 12.1. The minimum absolute atomic E-state index is 0.118. The topological polar surface area (TPSA) is 92.4 Å². The Hall–Kier alpha value is -2.96. The number of aryl methyl sites for hydroxylation is 2. The van der Waals surface area contributed by atoms with Crippen LogP contribution in [0.1, 0.15) is 23.4 Å². The van der Waals surface area contributed by atoms with Crippen LogP contribution in [0.4, 0.5) is 5.69 Å². The molecule has 7 nitrogen and oxygen atoms in total. The van der Waals surface area contributed by atoms with Gasteiger partial charge in [-0.2, -0.15) is 10.1 Å². The molecule has 3 rings (SSSR count). The van der Waals surface area contributed by atoms with E-state index in [1.807, 2.05) is 13.8 Å². The van der Waals surface area contributed by atoms with Gasteiger partial charge in [0, 0.05) is 29.6 Å². The summed E-state index contributed by atoms with van der Waals surface area (Å²) in [6.07, 6.45) is 2.34. The third-order valence-corrected chi connectivity index (χ3v) is 3.72. The van der Waals surface area contributed by atoms with E-state index in [0.717, 1.165) is 17.0 Å². The first-order valence-corrected chi connectivity index (χ1v) is 7.29. The lowest BCUT2D eigenvalue weighted by atomic mass is 10.1. The SMILES string of the molecule is Cc1nc2ncnn2c(C)c1CCC(=O)Nc1cccc(O)c1. The Balaban J connectivity index is 1.72. The molecule has 1 amide bonds. The van der Waals surface area contributed by atoms with Gasteiger partial charge in [0.1, 0.15) is 12.1 Å². The molecule has 0 aliphatic rings. The monoisotopic (exact) mass is 311 g/mol. The minimum atomic E-state index is -0.118. The summed E-state index contributed by atoms with van der Waals surface area (Å²) in [5.41, 5.74) is 3.37. The van der Waals surface area contributed by atoms with E-state index in [1.54, 1.807) is 22.7 Å². The number of aromatic hydroxyl groups is 1. The number of benzene rings is 1. The van der Waals surface area contributed by atoms with Crippen LogP contribution in [0, 0.1) is 13.8 Å². The third kappa shape index (κ3) is 3.13. The lowest BCUT2D eigenvalue weighted by molar-refractivity contribution is -0.116. The van der Waals surface area contributed by atoms with E-state index in [-0.39, 0.29) is 11.7 Å². The Labute approximate surface area is 133 Å². The van der Waals surface area contributed by atoms with Gasteiger partial charge < -0.3 is 10.4 Å². The van der Waals surface area contributed by atoms with Crippen molar-refractivity contribution in [3.63, 3.8) is 0 Å². The molecule has 0 unspecified atom stereocenters. The molecule has 0 saturated carbocycles. The first kappa shape index (κ1) is 15.0. The van der Waals surface area contributed by atoms with E-state index >= 15 is 0 Å². The predicted octanol–water partition coefficient (Wildman–Crippen LogP) is 2.02. The van der Waals surface area contributed by atoms with Gasteiger partial charge in [-0.3, -0.25) is 4.79 Å². The number of fused-ring (bicyclic) bond motifs is 1. The van der Waals surface area contributed by atoms with Crippen molar-refractivity contribution in [3.05, 3.63) is 47.5 Å². The zero-order valence-electron chi connectivity index (χ0n) is 12.9. The number of nitrogens with one attached hydrogen (secondary N) is 1. The number of carbonyl (C=O) groups is 1. The Morgan fingerprint density at radius 3 is 2.96 bits per heavy atom. The van der Waals surface area contributed by atoms with Gasteiger partial charge in [0.25, 0.3) is 5.78 Å². The van der Waals surface area contributed by atoms with E-state index in [4.69, 9.17) is 0 Å². The van der Waals surface area contributed by atoms with Crippen LogP contribution in [0.3, 0.4) is 0 Å². The highest BCUT2D eigenvalue weighted by Crippen LogP contribution is 2.17. The van der Waals surface area contributed by atoms with Gasteiger partial charge in [-0.15, -0.1) is 0 Å². The number of phenolic OH excluding ortho intramolecular Hbond substituents is 1. The van der Waals surface area contributed by atoms with E-state index < -0.39 is 0 Å². The molecule has 2 N–H and O–H groups in total. The van der Waals surface area contributed by atoms with Crippen LogP contribution in [0.2, 0.25) is 0 Å². The highest BCUT2D eigenvalue weighted by atomic mass is 16.3. The highest BCUT2D eigenvalue weighted by Gasteiger charge is 2.12. The summed E-state index contributed by atoms with van der Waals surface area (Å²) < 4.78 is 1.68. The fraction of sp³-hybridized carbons (Fsp3) is 0.250. The van der Waals surface area contributed by atoms with E-state index in [9.17, 15) is 9.90 Å². The Bertz CT molecular complexity index is 872. The molecule has 0 radical (unpaired) electrons. The molecule has 0 spiro atoms. The van der Waals surface area contributed by atoms with Crippen molar-refractivity contribution in [2.45, 2.75) is 26.7 Å². The van der Waals surface area contributed by atoms with Gasteiger partial charge >= 0.3 is 0 Å². The molecule has 1 aromatic carbocycles. The number of phenols is 1. The second kappa shape index (κ2) is 6.04. The summed E-state index contributed by atoms with van der Waals surface area (Å²) in [4.78, 5) is 20.6. The molecule has 3 aromatic rings. The number of rotatable bonds is 4. The summed E-state index contributed by atoms with van der Waals surface area (Å²) in [7, 11) is 0. The molecule has 0 fully saturated rings. The molecular weight excluding hydrogens is 294 g/mol. The molecule has 7 heteroatoms. The van der Waals surface area contributed by atoms with Crippen molar-refractivity contribution in [2.75, 3.05) is 5.32 Å². The number of aromatic nitrogens is 4. The van der Waals surface area contributed by atoms with Crippen molar-refractivity contribution in [2.24, 2.45) is 0 Å².